The van der Waals surface area contributed by atoms with Crippen LogP contribution in [-0.2, 0) is 0 Å². The summed E-state index contributed by atoms with van der Waals surface area (Å²) in [6.07, 6.45) is 3.90. The van der Waals surface area contributed by atoms with Gasteiger partial charge in [-0.05, 0) is 44.4 Å². The smallest absolute Gasteiger partial charge is 0.184 e. The Bertz CT molecular complexity index is 519. The Morgan fingerprint density at radius 3 is 3.06 bits per heavy atom. The van der Waals surface area contributed by atoms with Gasteiger partial charge in [0.25, 0.3) is 0 Å². The SMILES string of the molecule is CCOc1ccc2nc(NC3CCC3)sc2c1. The van der Waals surface area contributed by atoms with Gasteiger partial charge in [-0.25, -0.2) is 4.98 Å². The summed E-state index contributed by atoms with van der Waals surface area (Å²) < 4.78 is 6.69. The average molecular weight is 248 g/mol. The quantitative estimate of drug-likeness (QED) is 0.896. The number of fused-ring (bicyclic) bond motifs is 1. The summed E-state index contributed by atoms with van der Waals surface area (Å²) in [5, 5.41) is 4.53. The molecule has 17 heavy (non-hydrogen) atoms. The van der Waals surface area contributed by atoms with Gasteiger partial charge in [0.2, 0.25) is 0 Å². The van der Waals surface area contributed by atoms with Crippen molar-refractivity contribution in [2.75, 3.05) is 11.9 Å². The zero-order chi connectivity index (χ0) is 11.7. The molecule has 3 nitrogen and oxygen atoms in total. The van der Waals surface area contributed by atoms with Gasteiger partial charge in [-0.3, -0.25) is 0 Å². The molecule has 1 aromatic carbocycles. The lowest BCUT2D eigenvalue weighted by Gasteiger charge is -2.25. The lowest BCUT2D eigenvalue weighted by atomic mass is 9.93. The van der Waals surface area contributed by atoms with Gasteiger partial charge in [0.05, 0.1) is 16.8 Å². The van der Waals surface area contributed by atoms with Crippen LogP contribution in [0.1, 0.15) is 26.2 Å². The fourth-order valence-electron chi connectivity index (χ4n) is 1.95. The Balaban J connectivity index is 1.84. The molecule has 0 saturated heterocycles. The summed E-state index contributed by atoms with van der Waals surface area (Å²) in [4.78, 5) is 4.59. The van der Waals surface area contributed by atoms with E-state index in [2.05, 4.69) is 16.4 Å². The van der Waals surface area contributed by atoms with Crippen molar-refractivity contribution in [3.8, 4) is 5.75 Å². The predicted molar refractivity (Wildman–Crippen MR) is 72.1 cm³/mol. The molecule has 0 bridgehead atoms. The number of ether oxygens (including phenoxy) is 1. The van der Waals surface area contributed by atoms with Crippen molar-refractivity contribution in [1.29, 1.82) is 0 Å². The van der Waals surface area contributed by atoms with E-state index in [0.29, 0.717) is 12.6 Å². The summed E-state index contributed by atoms with van der Waals surface area (Å²) in [5.74, 6) is 0.929. The molecule has 0 spiro atoms. The second-order valence-corrected chi connectivity index (χ2v) is 5.38. The van der Waals surface area contributed by atoms with Crippen molar-refractivity contribution in [2.24, 2.45) is 0 Å². The van der Waals surface area contributed by atoms with E-state index in [1.807, 2.05) is 19.1 Å². The van der Waals surface area contributed by atoms with Crippen LogP contribution in [0.4, 0.5) is 5.13 Å². The number of hydrogen-bond acceptors (Lipinski definition) is 4. The monoisotopic (exact) mass is 248 g/mol. The highest BCUT2D eigenvalue weighted by molar-refractivity contribution is 7.22. The molecule has 90 valence electrons. The molecule has 0 aliphatic heterocycles. The van der Waals surface area contributed by atoms with Crippen LogP contribution >= 0.6 is 11.3 Å². The average Bonchev–Trinajstić information content (AvgIpc) is 2.66. The number of thiazole rings is 1. The largest absolute Gasteiger partial charge is 0.494 e. The third kappa shape index (κ3) is 2.22. The minimum absolute atomic E-state index is 0.641. The van der Waals surface area contributed by atoms with E-state index in [1.54, 1.807) is 11.3 Å². The van der Waals surface area contributed by atoms with E-state index < -0.39 is 0 Å². The normalized spacial score (nSPS) is 15.8. The molecule has 0 amide bonds. The minimum atomic E-state index is 0.641. The van der Waals surface area contributed by atoms with Crippen molar-refractivity contribution < 1.29 is 4.74 Å². The number of rotatable bonds is 4. The van der Waals surface area contributed by atoms with Crippen LogP contribution in [0, 0.1) is 0 Å². The number of anilines is 1. The zero-order valence-corrected chi connectivity index (χ0v) is 10.7. The molecule has 1 fully saturated rings. The molecular weight excluding hydrogens is 232 g/mol. The van der Waals surface area contributed by atoms with E-state index in [4.69, 9.17) is 4.74 Å². The molecule has 4 heteroatoms. The van der Waals surface area contributed by atoms with Gasteiger partial charge in [-0.15, -0.1) is 0 Å². The first kappa shape index (κ1) is 10.8. The number of nitrogens with zero attached hydrogens (tertiary/aromatic N) is 1. The minimum Gasteiger partial charge on any atom is -0.494 e. The van der Waals surface area contributed by atoms with Gasteiger partial charge in [-0.1, -0.05) is 11.3 Å². The Labute approximate surface area is 105 Å². The van der Waals surface area contributed by atoms with Gasteiger partial charge in [-0.2, -0.15) is 0 Å². The Morgan fingerprint density at radius 2 is 2.35 bits per heavy atom. The lowest BCUT2D eigenvalue weighted by Crippen LogP contribution is -2.26. The predicted octanol–water partition coefficient (Wildman–Crippen LogP) is 3.66. The molecule has 2 aromatic rings. The standard InChI is InChI=1S/C13H16N2OS/c1-2-16-10-6-7-11-12(8-10)17-13(15-11)14-9-4-3-5-9/h6-9H,2-5H2,1H3,(H,14,15). The van der Waals surface area contributed by atoms with E-state index in [-0.39, 0.29) is 0 Å². The first-order valence-electron chi connectivity index (χ1n) is 6.15. The van der Waals surface area contributed by atoms with Crippen LogP contribution in [0.5, 0.6) is 5.75 Å². The summed E-state index contributed by atoms with van der Waals surface area (Å²) in [6, 6.07) is 6.73. The van der Waals surface area contributed by atoms with Gasteiger partial charge < -0.3 is 10.1 Å². The van der Waals surface area contributed by atoms with Gasteiger partial charge in [0, 0.05) is 6.04 Å². The molecule has 0 unspecified atom stereocenters. The van der Waals surface area contributed by atoms with Crippen LogP contribution < -0.4 is 10.1 Å². The van der Waals surface area contributed by atoms with Crippen molar-refractivity contribution in [1.82, 2.24) is 4.98 Å². The highest BCUT2D eigenvalue weighted by Crippen LogP contribution is 2.31. The van der Waals surface area contributed by atoms with Crippen LogP contribution in [0.2, 0.25) is 0 Å². The maximum absolute atomic E-state index is 5.50. The van der Waals surface area contributed by atoms with Crippen molar-refractivity contribution in [3.63, 3.8) is 0 Å². The van der Waals surface area contributed by atoms with Crippen LogP contribution in [0.3, 0.4) is 0 Å². The lowest BCUT2D eigenvalue weighted by molar-refractivity contribution is 0.341. The molecule has 1 saturated carbocycles. The summed E-state index contributed by atoms with van der Waals surface area (Å²) in [7, 11) is 0. The fraction of sp³-hybridized carbons (Fsp3) is 0.462. The first-order valence-corrected chi connectivity index (χ1v) is 6.97. The highest BCUT2D eigenvalue weighted by atomic mass is 32.1. The maximum Gasteiger partial charge on any atom is 0.184 e. The number of nitrogens with one attached hydrogen (secondary N) is 1. The molecule has 1 aliphatic rings. The second-order valence-electron chi connectivity index (χ2n) is 4.35. The van der Waals surface area contributed by atoms with E-state index in [9.17, 15) is 0 Å². The summed E-state index contributed by atoms with van der Waals surface area (Å²) >= 11 is 1.71. The number of hydrogen-bond donors (Lipinski definition) is 1. The Morgan fingerprint density at radius 1 is 1.47 bits per heavy atom. The maximum atomic E-state index is 5.50. The number of benzene rings is 1. The van der Waals surface area contributed by atoms with Gasteiger partial charge >= 0.3 is 0 Å². The fourth-order valence-corrected chi connectivity index (χ4v) is 2.92. The van der Waals surface area contributed by atoms with E-state index in [1.165, 1.54) is 24.0 Å². The van der Waals surface area contributed by atoms with Crippen LogP contribution in [-0.4, -0.2) is 17.6 Å². The van der Waals surface area contributed by atoms with Crippen molar-refractivity contribution in [2.45, 2.75) is 32.2 Å². The third-order valence-corrected chi connectivity index (χ3v) is 4.05. The Hall–Kier alpha value is -1.29. The summed E-state index contributed by atoms with van der Waals surface area (Å²) in [6.45, 7) is 2.71. The molecule has 3 rings (SSSR count). The molecule has 1 N–H and O–H groups in total. The summed E-state index contributed by atoms with van der Waals surface area (Å²) in [5.41, 5.74) is 1.06. The van der Waals surface area contributed by atoms with E-state index in [0.717, 1.165) is 16.4 Å². The topological polar surface area (TPSA) is 34.1 Å². The first-order chi connectivity index (χ1) is 8.35. The molecule has 0 atom stereocenters. The second kappa shape index (κ2) is 4.53. The Kier molecular flexibility index (Phi) is 2.89. The van der Waals surface area contributed by atoms with Gasteiger partial charge in [0.1, 0.15) is 5.75 Å². The van der Waals surface area contributed by atoms with Crippen LogP contribution in [0.15, 0.2) is 18.2 Å². The molecule has 1 heterocycles. The molecule has 1 aromatic heterocycles. The van der Waals surface area contributed by atoms with Gasteiger partial charge in [0.15, 0.2) is 5.13 Å². The number of aromatic nitrogens is 1. The van der Waals surface area contributed by atoms with E-state index >= 15 is 0 Å². The van der Waals surface area contributed by atoms with Crippen LogP contribution in [0.25, 0.3) is 10.2 Å². The molecule has 1 aliphatic carbocycles. The van der Waals surface area contributed by atoms with Crippen molar-refractivity contribution in [3.05, 3.63) is 18.2 Å². The molecule has 0 radical (unpaired) electrons. The molecular formula is C13H16N2OS. The zero-order valence-electron chi connectivity index (χ0n) is 9.90. The third-order valence-electron chi connectivity index (χ3n) is 3.10. The van der Waals surface area contributed by atoms with Crippen molar-refractivity contribution >= 4 is 26.7 Å². The highest BCUT2D eigenvalue weighted by Gasteiger charge is 2.18.